The number of aliphatic hydroxyl groups is 1. The number of hydrogen-bond donors (Lipinski definition) is 1. The summed E-state index contributed by atoms with van der Waals surface area (Å²) in [5, 5.41) is 14.2. The average Bonchev–Trinajstić information content (AvgIpc) is 2.95. The van der Waals surface area contributed by atoms with E-state index >= 15 is 0 Å². The highest BCUT2D eigenvalue weighted by Gasteiger charge is 2.63. The summed E-state index contributed by atoms with van der Waals surface area (Å²) in [6.45, 7) is 1.79. The van der Waals surface area contributed by atoms with Gasteiger partial charge in [-0.25, -0.2) is 0 Å². The van der Waals surface area contributed by atoms with Crippen LogP contribution in [0, 0.1) is 6.92 Å². The zero-order valence-corrected chi connectivity index (χ0v) is 13.3. The van der Waals surface area contributed by atoms with Gasteiger partial charge in [0.2, 0.25) is 0 Å². The van der Waals surface area contributed by atoms with Gasteiger partial charge in [0.25, 0.3) is 11.6 Å². The number of halogens is 3. The molecule has 3 rings (SSSR count). The molecule has 1 amide bonds. The van der Waals surface area contributed by atoms with Gasteiger partial charge < -0.3 is 5.11 Å². The number of carbonyl (C=O) groups excluding carboxylic acids is 1. The number of hydrogen-bond acceptors (Lipinski definition) is 3. The zero-order chi connectivity index (χ0) is 18.2. The fourth-order valence-corrected chi connectivity index (χ4v) is 2.59. The molecule has 130 valence electrons. The van der Waals surface area contributed by atoms with Gasteiger partial charge in [0, 0.05) is 5.56 Å². The predicted molar refractivity (Wildman–Crippen MR) is 85.9 cm³/mol. The van der Waals surface area contributed by atoms with Crippen molar-refractivity contribution in [3.8, 4) is 0 Å². The number of rotatable bonds is 2. The van der Waals surface area contributed by atoms with Crippen molar-refractivity contribution in [2.75, 3.05) is 0 Å². The first-order chi connectivity index (χ1) is 11.7. The van der Waals surface area contributed by atoms with Gasteiger partial charge >= 0.3 is 6.18 Å². The van der Waals surface area contributed by atoms with Crippen molar-refractivity contribution >= 4 is 11.6 Å². The lowest BCUT2D eigenvalue weighted by atomic mass is 10.0. The Kier molecular flexibility index (Phi) is 4.12. The van der Waals surface area contributed by atoms with E-state index in [1.54, 1.807) is 49.4 Å². The zero-order valence-electron chi connectivity index (χ0n) is 13.3. The van der Waals surface area contributed by atoms with E-state index in [-0.39, 0.29) is 16.3 Å². The molecular weight excluding hydrogens is 333 g/mol. The fraction of sp³-hybridized carbons (Fsp3) is 0.222. The molecule has 1 N–H and O–H groups in total. The van der Waals surface area contributed by atoms with E-state index in [0.717, 1.165) is 5.56 Å². The standard InChI is InChI=1S/C18H15F3N2O2/c1-12-7-9-14(10-8-12)16(24)23-17(25,18(19,20)21)11-15(22-23)13-5-3-2-4-6-13/h2-10,25H,11H2,1H3. The number of amides is 1. The van der Waals surface area contributed by atoms with Gasteiger partial charge in [-0.15, -0.1) is 0 Å². The van der Waals surface area contributed by atoms with Crippen molar-refractivity contribution in [3.63, 3.8) is 0 Å². The van der Waals surface area contributed by atoms with Gasteiger partial charge in [-0.1, -0.05) is 48.0 Å². The molecule has 1 atom stereocenters. The molecule has 0 spiro atoms. The van der Waals surface area contributed by atoms with Gasteiger partial charge in [0.1, 0.15) is 0 Å². The number of benzene rings is 2. The van der Waals surface area contributed by atoms with Crippen LogP contribution in [0.2, 0.25) is 0 Å². The molecule has 25 heavy (non-hydrogen) atoms. The largest absolute Gasteiger partial charge is 0.438 e. The van der Waals surface area contributed by atoms with Crippen LogP contribution in [0.25, 0.3) is 0 Å². The summed E-state index contributed by atoms with van der Waals surface area (Å²) in [4.78, 5) is 12.6. The summed E-state index contributed by atoms with van der Waals surface area (Å²) in [5.41, 5.74) is -2.07. The van der Waals surface area contributed by atoms with E-state index in [4.69, 9.17) is 0 Å². The van der Waals surface area contributed by atoms with Crippen LogP contribution in [-0.4, -0.2) is 33.6 Å². The third kappa shape index (κ3) is 3.02. The molecule has 0 bridgehead atoms. The highest BCUT2D eigenvalue weighted by Crippen LogP contribution is 2.41. The van der Waals surface area contributed by atoms with Crippen molar-refractivity contribution in [1.29, 1.82) is 0 Å². The van der Waals surface area contributed by atoms with Crippen molar-refractivity contribution in [1.82, 2.24) is 5.01 Å². The van der Waals surface area contributed by atoms with Gasteiger partial charge in [0.05, 0.1) is 12.1 Å². The van der Waals surface area contributed by atoms with Crippen molar-refractivity contribution in [2.24, 2.45) is 5.10 Å². The molecule has 1 heterocycles. The minimum Gasteiger partial charge on any atom is -0.362 e. The first-order valence-corrected chi connectivity index (χ1v) is 7.55. The van der Waals surface area contributed by atoms with Crippen LogP contribution in [0.4, 0.5) is 13.2 Å². The molecule has 0 fully saturated rings. The minimum atomic E-state index is -5.05. The van der Waals surface area contributed by atoms with Crippen LogP contribution >= 0.6 is 0 Å². The first kappa shape index (κ1) is 17.2. The summed E-state index contributed by atoms with van der Waals surface area (Å²) in [6, 6.07) is 14.2. The molecule has 2 aromatic rings. The van der Waals surface area contributed by atoms with Crippen LogP contribution in [0.3, 0.4) is 0 Å². The second-order valence-corrected chi connectivity index (χ2v) is 5.89. The van der Waals surface area contributed by atoms with E-state index in [1.807, 2.05) is 0 Å². The molecule has 0 saturated heterocycles. The lowest BCUT2D eigenvalue weighted by Crippen LogP contribution is -2.56. The Labute approximate surface area is 142 Å². The lowest BCUT2D eigenvalue weighted by Gasteiger charge is -2.32. The number of aryl methyl sites for hydroxylation is 1. The van der Waals surface area contributed by atoms with Gasteiger partial charge in [-0.3, -0.25) is 4.79 Å². The third-order valence-electron chi connectivity index (χ3n) is 4.04. The molecular formula is C18H15F3N2O2. The maximum Gasteiger partial charge on any atom is 0.438 e. The minimum absolute atomic E-state index is 0.000821. The highest BCUT2D eigenvalue weighted by molar-refractivity contribution is 6.05. The maximum atomic E-state index is 13.5. The fourth-order valence-electron chi connectivity index (χ4n) is 2.59. The molecule has 1 aliphatic rings. The molecule has 2 aromatic carbocycles. The average molecular weight is 348 g/mol. The normalized spacial score (nSPS) is 20.5. The van der Waals surface area contributed by atoms with Crippen molar-refractivity contribution < 1.29 is 23.1 Å². The Hall–Kier alpha value is -2.67. The smallest absolute Gasteiger partial charge is 0.362 e. The number of nitrogens with zero attached hydrogens (tertiary/aromatic N) is 2. The van der Waals surface area contributed by atoms with E-state index in [0.29, 0.717) is 5.56 Å². The van der Waals surface area contributed by atoms with Gasteiger partial charge in [0.15, 0.2) is 0 Å². The topological polar surface area (TPSA) is 52.9 Å². The molecule has 1 aliphatic heterocycles. The molecule has 0 aliphatic carbocycles. The molecule has 0 radical (unpaired) electrons. The Morgan fingerprint density at radius 2 is 1.72 bits per heavy atom. The van der Waals surface area contributed by atoms with Crippen molar-refractivity contribution in [3.05, 3.63) is 71.3 Å². The number of hydrazone groups is 1. The number of carbonyl (C=O) groups is 1. The third-order valence-corrected chi connectivity index (χ3v) is 4.04. The van der Waals surface area contributed by atoms with Crippen LogP contribution in [0.15, 0.2) is 59.7 Å². The molecule has 4 nitrogen and oxygen atoms in total. The lowest BCUT2D eigenvalue weighted by molar-refractivity contribution is -0.297. The number of alkyl halides is 3. The summed E-state index contributed by atoms with van der Waals surface area (Å²) in [7, 11) is 0. The molecule has 7 heteroatoms. The summed E-state index contributed by atoms with van der Waals surface area (Å²) in [6.07, 6.45) is -5.87. The van der Waals surface area contributed by atoms with Crippen LogP contribution in [-0.2, 0) is 0 Å². The monoisotopic (exact) mass is 348 g/mol. The quantitative estimate of drug-likeness (QED) is 0.903. The van der Waals surface area contributed by atoms with E-state index in [2.05, 4.69) is 5.10 Å². The Bertz CT molecular complexity index is 816. The van der Waals surface area contributed by atoms with E-state index in [9.17, 15) is 23.1 Å². The maximum absolute atomic E-state index is 13.5. The summed E-state index contributed by atoms with van der Waals surface area (Å²) < 4.78 is 40.5. The van der Waals surface area contributed by atoms with Crippen molar-refractivity contribution in [2.45, 2.75) is 25.2 Å². The Morgan fingerprint density at radius 3 is 2.28 bits per heavy atom. The SMILES string of the molecule is Cc1ccc(C(=O)N2N=C(c3ccccc3)CC2(O)C(F)(F)F)cc1. The van der Waals surface area contributed by atoms with E-state index in [1.165, 1.54) is 12.1 Å². The summed E-state index contributed by atoms with van der Waals surface area (Å²) in [5.74, 6) is -1.01. The Balaban J connectivity index is 2.04. The molecule has 0 aromatic heterocycles. The second kappa shape index (κ2) is 6.00. The predicted octanol–water partition coefficient (Wildman–Crippen LogP) is 3.50. The molecule has 0 saturated carbocycles. The second-order valence-electron chi connectivity index (χ2n) is 5.89. The van der Waals surface area contributed by atoms with Crippen LogP contribution in [0.5, 0.6) is 0 Å². The van der Waals surface area contributed by atoms with Crippen LogP contribution in [0.1, 0.15) is 27.9 Å². The Morgan fingerprint density at radius 1 is 1.12 bits per heavy atom. The van der Waals surface area contributed by atoms with Gasteiger partial charge in [-0.05, 0) is 24.6 Å². The van der Waals surface area contributed by atoms with E-state index < -0.39 is 24.2 Å². The van der Waals surface area contributed by atoms with Gasteiger partial charge in [-0.2, -0.15) is 23.3 Å². The summed E-state index contributed by atoms with van der Waals surface area (Å²) >= 11 is 0. The molecule has 1 unspecified atom stereocenters. The first-order valence-electron chi connectivity index (χ1n) is 7.55. The highest BCUT2D eigenvalue weighted by atomic mass is 19.4. The van der Waals surface area contributed by atoms with Crippen LogP contribution < -0.4 is 0 Å².